The van der Waals surface area contributed by atoms with E-state index >= 15 is 0 Å². The van der Waals surface area contributed by atoms with Crippen molar-refractivity contribution in [2.45, 2.75) is 26.8 Å². The standard InChI is InChI=1S/C20H23ClFN3OS/c1-3-24(4-2)10-6-11-25-18(19-7-5-12-26-19)14-27-20(25)23-15-8-9-16(21)17(22)13-15/h5,7-9,12-14H,3-4,6,10-11H2,1-2H3. The van der Waals surface area contributed by atoms with Crippen LogP contribution in [-0.2, 0) is 6.54 Å². The number of aromatic nitrogens is 1. The third kappa shape index (κ3) is 4.89. The molecular formula is C20H23ClFN3OS. The molecule has 1 aromatic carbocycles. The molecule has 0 aliphatic carbocycles. The zero-order valence-corrected chi connectivity index (χ0v) is 17.1. The highest BCUT2D eigenvalue weighted by Gasteiger charge is 2.11. The SMILES string of the molecule is CCN(CC)CCCn1c(-c2ccco2)csc1=Nc1ccc(Cl)c(F)c1. The predicted molar refractivity (Wildman–Crippen MR) is 109 cm³/mol. The minimum absolute atomic E-state index is 0.100. The lowest BCUT2D eigenvalue weighted by atomic mass is 10.3. The topological polar surface area (TPSA) is 33.7 Å². The van der Waals surface area contributed by atoms with Crippen molar-refractivity contribution in [3.8, 4) is 11.5 Å². The lowest BCUT2D eigenvalue weighted by Gasteiger charge is -2.18. The van der Waals surface area contributed by atoms with Crippen molar-refractivity contribution in [3.05, 3.63) is 57.6 Å². The van der Waals surface area contributed by atoms with Gasteiger partial charge in [-0.2, -0.15) is 0 Å². The molecule has 0 aliphatic heterocycles. The van der Waals surface area contributed by atoms with Gasteiger partial charge in [0, 0.05) is 18.0 Å². The third-order valence-electron chi connectivity index (χ3n) is 4.45. The molecule has 0 amide bonds. The van der Waals surface area contributed by atoms with Crippen molar-refractivity contribution in [2.75, 3.05) is 19.6 Å². The summed E-state index contributed by atoms with van der Waals surface area (Å²) in [4.78, 5) is 7.84. The van der Waals surface area contributed by atoms with Gasteiger partial charge in [0.2, 0.25) is 0 Å². The monoisotopic (exact) mass is 407 g/mol. The molecule has 3 rings (SSSR count). The smallest absolute Gasteiger partial charge is 0.190 e. The molecule has 0 unspecified atom stereocenters. The highest BCUT2D eigenvalue weighted by Crippen LogP contribution is 2.23. The van der Waals surface area contributed by atoms with E-state index in [1.807, 2.05) is 17.5 Å². The van der Waals surface area contributed by atoms with Gasteiger partial charge in [-0.05, 0) is 50.3 Å². The molecule has 0 saturated heterocycles. The van der Waals surface area contributed by atoms with Crippen LogP contribution in [0.3, 0.4) is 0 Å². The Morgan fingerprint density at radius 3 is 2.74 bits per heavy atom. The van der Waals surface area contributed by atoms with E-state index in [9.17, 15) is 4.39 Å². The van der Waals surface area contributed by atoms with E-state index in [2.05, 4.69) is 28.3 Å². The van der Waals surface area contributed by atoms with E-state index in [0.717, 1.165) is 48.9 Å². The zero-order chi connectivity index (χ0) is 19.2. The molecule has 144 valence electrons. The van der Waals surface area contributed by atoms with E-state index in [0.29, 0.717) is 5.69 Å². The van der Waals surface area contributed by atoms with E-state index in [1.165, 1.54) is 23.5 Å². The van der Waals surface area contributed by atoms with E-state index < -0.39 is 5.82 Å². The first-order valence-corrected chi connectivity index (χ1v) is 10.3. The molecule has 0 aliphatic rings. The van der Waals surface area contributed by atoms with Crippen LogP contribution in [0, 0.1) is 5.82 Å². The molecule has 4 nitrogen and oxygen atoms in total. The summed E-state index contributed by atoms with van der Waals surface area (Å²) in [5.74, 6) is 0.339. The highest BCUT2D eigenvalue weighted by atomic mass is 35.5. The molecule has 0 spiro atoms. The Labute approximate surface area is 167 Å². The number of thiazole rings is 1. The van der Waals surface area contributed by atoms with Gasteiger partial charge in [0.05, 0.1) is 22.7 Å². The second-order valence-electron chi connectivity index (χ2n) is 6.12. The number of rotatable bonds is 8. The first-order valence-electron chi connectivity index (χ1n) is 9.06. The van der Waals surface area contributed by atoms with Crippen LogP contribution in [0.25, 0.3) is 11.5 Å². The lowest BCUT2D eigenvalue weighted by Crippen LogP contribution is -2.26. The summed E-state index contributed by atoms with van der Waals surface area (Å²) in [6.07, 6.45) is 2.66. The summed E-state index contributed by atoms with van der Waals surface area (Å²) >= 11 is 7.29. The number of benzene rings is 1. The van der Waals surface area contributed by atoms with Gasteiger partial charge in [-0.15, -0.1) is 11.3 Å². The Morgan fingerprint density at radius 1 is 1.26 bits per heavy atom. The molecular weight excluding hydrogens is 385 g/mol. The van der Waals surface area contributed by atoms with Crippen molar-refractivity contribution in [3.63, 3.8) is 0 Å². The van der Waals surface area contributed by atoms with Crippen LogP contribution in [-0.4, -0.2) is 29.1 Å². The Kier molecular flexibility index (Phi) is 6.88. The van der Waals surface area contributed by atoms with E-state index in [4.69, 9.17) is 16.0 Å². The summed E-state index contributed by atoms with van der Waals surface area (Å²) in [5, 5.41) is 2.13. The first kappa shape index (κ1) is 19.9. The van der Waals surface area contributed by atoms with Crippen molar-refractivity contribution in [1.82, 2.24) is 9.47 Å². The van der Waals surface area contributed by atoms with Gasteiger partial charge in [-0.1, -0.05) is 25.4 Å². The molecule has 7 heteroatoms. The van der Waals surface area contributed by atoms with Crippen LogP contribution in [0.5, 0.6) is 0 Å². The highest BCUT2D eigenvalue weighted by molar-refractivity contribution is 7.07. The maximum absolute atomic E-state index is 13.8. The van der Waals surface area contributed by atoms with Crippen LogP contribution in [0.2, 0.25) is 5.02 Å². The maximum Gasteiger partial charge on any atom is 0.190 e. The van der Waals surface area contributed by atoms with Crippen LogP contribution in [0.1, 0.15) is 20.3 Å². The summed E-state index contributed by atoms with van der Waals surface area (Å²) in [6.45, 7) is 8.25. The predicted octanol–water partition coefficient (Wildman–Crippen LogP) is 5.57. The average Bonchev–Trinajstić information content (AvgIpc) is 3.32. The Bertz CT molecular complexity index is 929. The molecule has 0 atom stereocenters. The van der Waals surface area contributed by atoms with Crippen molar-refractivity contribution in [1.29, 1.82) is 0 Å². The second kappa shape index (κ2) is 9.35. The van der Waals surface area contributed by atoms with Crippen LogP contribution >= 0.6 is 22.9 Å². The fraction of sp³-hybridized carbons (Fsp3) is 0.350. The number of nitrogens with zero attached hydrogens (tertiary/aromatic N) is 3. The fourth-order valence-electron chi connectivity index (χ4n) is 2.91. The summed E-state index contributed by atoms with van der Waals surface area (Å²) in [6, 6.07) is 8.42. The van der Waals surface area contributed by atoms with Crippen LogP contribution in [0.4, 0.5) is 10.1 Å². The molecule has 0 radical (unpaired) electrons. The second-order valence-corrected chi connectivity index (χ2v) is 7.37. The Hall–Kier alpha value is -1.89. The summed E-state index contributed by atoms with van der Waals surface area (Å²) in [7, 11) is 0. The quantitative estimate of drug-likeness (QED) is 0.489. The maximum atomic E-state index is 13.8. The average molecular weight is 408 g/mol. The molecule has 0 N–H and O–H groups in total. The van der Waals surface area contributed by atoms with Gasteiger partial charge in [-0.25, -0.2) is 9.38 Å². The molecule has 3 aromatic rings. The molecule has 0 fully saturated rings. The summed E-state index contributed by atoms with van der Waals surface area (Å²) < 4.78 is 21.5. The van der Waals surface area contributed by atoms with Gasteiger partial charge < -0.3 is 13.9 Å². The van der Waals surface area contributed by atoms with Crippen LogP contribution in [0.15, 0.2) is 51.4 Å². The molecule has 27 heavy (non-hydrogen) atoms. The van der Waals surface area contributed by atoms with Gasteiger partial charge in [-0.3, -0.25) is 0 Å². The van der Waals surface area contributed by atoms with Crippen molar-refractivity contribution in [2.24, 2.45) is 4.99 Å². The Morgan fingerprint density at radius 2 is 2.07 bits per heavy atom. The third-order valence-corrected chi connectivity index (χ3v) is 5.62. The van der Waals surface area contributed by atoms with Gasteiger partial charge >= 0.3 is 0 Å². The van der Waals surface area contributed by atoms with Gasteiger partial charge in [0.15, 0.2) is 10.6 Å². The van der Waals surface area contributed by atoms with Crippen molar-refractivity contribution >= 4 is 28.6 Å². The van der Waals surface area contributed by atoms with E-state index in [-0.39, 0.29) is 5.02 Å². The normalized spacial score (nSPS) is 12.3. The molecule has 2 heterocycles. The first-order chi connectivity index (χ1) is 13.1. The number of hydrogen-bond donors (Lipinski definition) is 0. The fourth-order valence-corrected chi connectivity index (χ4v) is 3.97. The minimum Gasteiger partial charge on any atom is -0.463 e. The van der Waals surface area contributed by atoms with Crippen LogP contribution < -0.4 is 4.80 Å². The summed E-state index contributed by atoms with van der Waals surface area (Å²) in [5.41, 5.74) is 1.53. The van der Waals surface area contributed by atoms with Crippen molar-refractivity contribution < 1.29 is 8.81 Å². The van der Waals surface area contributed by atoms with E-state index in [1.54, 1.807) is 12.3 Å². The van der Waals surface area contributed by atoms with Gasteiger partial charge in [0.1, 0.15) is 5.82 Å². The number of furan rings is 1. The van der Waals surface area contributed by atoms with Gasteiger partial charge in [0.25, 0.3) is 0 Å². The number of hydrogen-bond acceptors (Lipinski definition) is 4. The molecule has 2 aromatic heterocycles. The molecule has 0 saturated carbocycles. The molecule has 0 bridgehead atoms. The lowest BCUT2D eigenvalue weighted by molar-refractivity contribution is 0.293. The largest absolute Gasteiger partial charge is 0.463 e. The number of halogens is 2. The zero-order valence-electron chi connectivity index (χ0n) is 15.5. The Balaban J connectivity index is 1.93. The minimum atomic E-state index is -0.464.